The molecule has 0 N–H and O–H groups in total. The van der Waals surface area contributed by atoms with Crippen molar-refractivity contribution in [2.45, 2.75) is 45.7 Å². The van der Waals surface area contributed by atoms with Gasteiger partial charge in [-0.1, -0.05) is 67.9 Å². The summed E-state index contributed by atoms with van der Waals surface area (Å²) in [6.45, 7) is 8.29. The third-order valence-electron chi connectivity index (χ3n) is 3.44. The zero-order valence-corrected chi connectivity index (χ0v) is 15.4. The summed E-state index contributed by atoms with van der Waals surface area (Å²) in [6, 6.07) is 13.7. The monoisotopic (exact) mass is 386 g/mol. The van der Waals surface area contributed by atoms with E-state index < -0.39 is 11.7 Å². The van der Waals surface area contributed by atoms with Crippen LogP contribution in [-0.2, 0) is 6.18 Å². The Balaban J connectivity index is 0.000000238. The van der Waals surface area contributed by atoms with Crippen LogP contribution in [0.2, 0.25) is 0 Å². The molecule has 0 atom stereocenters. The number of benzene rings is 2. The van der Waals surface area contributed by atoms with Crippen molar-refractivity contribution in [3.63, 3.8) is 0 Å². The first-order valence-electron chi connectivity index (χ1n) is 7.54. The number of hydrogen-bond acceptors (Lipinski definition) is 0. The van der Waals surface area contributed by atoms with Gasteiger partial charge in [-0.25, -0.2) is 0 Å². The minimum absolute atomic E-state index is 0.266. The predicted molar refractivity (Wildman–Crippen MR) is 93.8 cm³/mol. The van der Waals surface area contributed by atoms with Crippen molar-refractivity contribution in [2.75, 3.05) is 0 Å². The molecule has 2 aromatic carbocycles. The quantitative estimate of drug-likeness (QED) is 0.504. The van der Waals surface area contributed by atoms with Gasteiger partial charge in [-0.3, -0.25) is 0 Å². The van der Waals surface area contributed by atoms with E-state index in [2.05, 4.69) is 54.0 Å². The molecule has 0 aromatic heterocycles. The van der Waals surface area contributed by atoms with E-state index in [-0.39, 0.29) is 5.92 Å². The van der Waals surface area contributed by atoms with Gasteiger partial charge < -0.3 is 0 Å². The molecule has 0 spiro atoms. The van der Waals surface area contributed by atoms with Gasteiger partial charge in [-0.05, 0) is 47.2 Å². The molecular formula is C19H22BrF3. The van der Waals surface area contributed by atoms with E-state index in [1.54, 1.807) is 0 Å². The van der Waals surface area contributed by atoms with E-state index in [1.807, 2.05) is 13.8 Å². The van der Waals surface area contributed by atoms with Gasteiger partial charge in [0.15, 0.2) is 0 Å². The molecule has 0 saturated carbocycles. The highest BCUT2D eigenvalue weighted by Gasteiger charge is 2.29. The molecule has 0 aliphatic rings. The topological polar surface area (TPSA) is 0 Å². The average Bonchev–Trinajstić information content (AvgIpc) is 2.47. The Morgan fingerprint density at radius 2 is 1.04 bits per heavy atom. The molecule has 2 rings (SSSR count). The standard InChI is InChI=1S/C10H11F3.C9H11Br/c1-7(2)8-3-5-9(6-4-8)10(11,12)13;1-7(2)8-3-5-9(10)6-4-8/h3-7H,1-2H3;3-7H,1-2H3. The average molecular weight is 387 g/mol. The molecular weight excluding hydrogens is 365 g/mol. The molecule has 0 heterocycles. The Kier molecular flexibility index (Phi) is 7.33. The normalized spacial score (nSPS) is 11.4. The van der Waals surface area contributed by atoms with Crippen LogP contribution < -0.4 is 0 Å². The van der Waals surface area contributed by atoms with Crippen molar-refractivity contribution in [3.05, 3.63) is 69.7 Å². The lowest BCUT2D eigenvalue weighted by Gasteiger charge is -2.09. The molecule has 0 unspecified atom stereocenters. The highest BCUT2D eigenvalue weighted by molar-refractivity contribution is 9.10. The molecule has 4 heteroatoms. The molecule has 2 aromatic rings. The summed E-state index contributed by atoms with van der Waals surface area (Å²) in [6.07, 6.45) is -4.23. The lowest BCUT2D eigenvalue weighted by atomic mass is 10.0. The second-order valence-corrected chi connectivity index (χ2v) is 6.90. The van der Waals surface area contributed by atoms with Crippen molar-refractivity contribution in [1.29, 1.82) is 0 Å². The van der Waals surface area contributed by atoms with Gasteiger partial charge in [0.1, 0.15) is 0 Å². The minimum Gasteiger partial charge on any atom is -0.166 e. The van der Waals surface area contributed by atoms with Crippen LogP contribution >= 0.6 is 15.9 Å². The summed E-state index contributed by atoms with van der Waals surface area (Å²) < 4.78 is 37.5. The fourth-order valence-electron chi connectivity index (χ4n) is 1.90. The molecule has 0 bridgehead atoms. The summed E-state index contributed by atoms with van der Waals surface area (Å²) in [5, 5.41) is 0. The van der Waals surface area contributed by atoms with Crippen LogP contribution in [0, 0.1) is 0 Å². The second kappa shape index (κ2) is 8.53. The number of alkyl halides is 3. The van der Waals surface area contributed by atoms with Gasteiger partial charge in [-0.15, -0.1) is 0 Å². The summed E-state index contributed by atoms with van der Waals surface area (Å²) in [7, 11) is 0. The van der Waals surface area contributed by atoms with Gasteiger partial charge in [0, 0.05) is 4.47 Å². The predicted octanol–water partition coefficient (Wildman–Crippen LogP) is 7.40. The van der Waals surface area contributed by atoms with Crippen LogP contribution in [0.25, 0.3) is 0 Å². The Morgan fingerprint density at radius 3 is 1.35 bits per heavy atom. The Bertz CT molecular complexity index is 582. The Hall–Kier alpha value is -1.29. The van der Waals surface area contributed by atoms with Crippen LogP contribution in [0.15, 0.2) is 53.0 Å². The van der Waals surface area contributed by atoms with E-state index in [1.165, 1.54) is 17.7 Å². The Morgan fingerprint density at radius 1 is 0.696 bits per heavy atom. The van der Waals surface area contributed by atoms with Crippen molar-refractivity contribution in [2.24, 2.45) is 0 Å². The van der Waals surface area contributed by atoms with Crippen LogP contribution in [0.4, 0.5) is 13.2 Å². The van der Waals surface area contributed by atoms with Crippen LogP contribution in [-0.4, -0.2) is 0 Å². The van der Waals surface area contributed by atoms with Crippen molar-refractivity contribution < 1.29 is 13.2 Å². The second-order valence-electron chi connectivity index (χ2n) is 5.98. The smallest absolute Gasteiger partial charge is 0.166 e. The molecule has 0 aliphatic carbocycles. The van der Waals surface area contributed by atoms with Crippen molar-refractivity contribution >= 4 is 15.9 Å². The molecule has 0 fully saturated rings. The van der Waals surface area contributed by atoms with Gasteiger partial charge in [0.25, 0.3) is 0 Å². The first kappa shape index (κ1) is 19.8. The van der Waals surface area contributed by atoms with Crippen LogP contribution in [0.3, 0.4) is 0 Å². The summed E-state index contributed by atoms with van der Waals surface area (Å²) in [4.78, 5) is 0. The molecule has 0 nitrogen and oxygen atoms in total. The highest BCUT2D eigenvalue weighted by Crippen LogP contribution is 2.30. The first-order valence-corrected chi connectivity index (χ1v) is 8.33. The molecule has 126 valence electrons. The largest absolute Gasteiger partial charge is 0.416 e. The molecule has 0 amide bonds. The minimum atomic E-state index is -4.23. The maximum atomic E-state index is 12.1. The fraction of sp³-hybridized carbons (Fsp3) is 0.368. The van der Waals surface area contributed by atoms with E-state index in [0.717, 1.165) is 22.2 Å². The van der Waals surface area contributed by atoms with E-state index in [0.29, 0.717) is 5.92 Å². The van der Waals surface area contributed by atoms with Gasteiger partial charge in [-0.2, -0.15) is 13.2 Å². The molecule has 23 heavy (non-hydrogen) atoms. The highest BCUT2D eigenvalue weighted by atomic mass is 79.9. The lowest BCUT2D eigenvalue weighted by molar-refractivity contribution is -0.137. The fourth-order valence-corrected chi connectivity index (χ4v) is 2.17. The third kappa shape index (κ3) is 6.78. The first-order chi connectivity index (χ1) is 10.6. The van der Waals surface area contributed by atoms with Gasteiger partial charge in [0.2, 0.25) is 0 Å². The van der Waals surface area contributed by atoms with Crippen molar-refractivity contribution in [1.82, 2.24) is 0 Å². The van der Waals surface area contributed by atoms with E-state index in [4.69, 9.17) is 0 Å². The van der Waals surface area contributed by atoms with Gasteiger partial charge >= 0.3 is 6.18 Å². The van der Waals surface area contributed by atoms with E-state index >= 15 is 0 Å². The summed E-state index contributed by atoms with van der Waals surface area (Å²) in [5.41, 5.74) is 1.73. The molecule has 0 saturated heterocycles. The summed E-state index contributed by atoms with van der Waals surface area (Å²) >= 11 is 3.39. The van der Waals surface area contributed by atoms with Crippen molar-refractivity contribution in [3.8, 4) is 0 Å². The van der Waals surface area contributed by atoms with Gasteiger partial charge in [0.05, 0.1) is 5.56 Å². The maximum absolute atomic E-state index is 12.1. The van der Waals surface area contributed by atoms with Crippen LogP contribution in [0.5, 0.6) is 0 Å². The Labute approximate surface area is 144 Å². The number of halogens is 4. The zero-order valence-electron chi connectivity index (χ0n) is 13.8. The van der Waals surface area contributed by atoms with E-state index in [9.17, 15) is 13.2 Å². The van der Waals surface area contributed by atoms with Crippen LogP contribution in [0.1, 0.15) is 56.2 Å². The number of hydrogen-bond donors (Lipinski definition) is 0. The zero-order chi connectivity index (χ0) is 17.6. The third-order valence-corrected chi connectivity index (χ3v) is 3.97. The lowest BCUT2D eigenvalue weighted by Crippen LogP contribution is -2.04. The SMILES string of the molecule is CC(C)c1ccc(Br)cc1.CC(C)c1ccc(C(F)(F)F)cc1. The molecule has 0 radical (unpaired) electrons. The molecule has 0 aliphatic heterocycles. The summed E-state index contributed by atoms with van der Waals surface area (Å²) in [5.74, 6) is 0.899. The number of rotatable bonds is 2. The maximum Gasteiger partial charge on any atom is 0.416 e.